The second-order valence-electron chi connectivity index (χ2n) is 6.37. The fourth-order valence-electron chi connectivity index (χ4n) is 2.72. The van der Waals surface area contributed by atoms with Crippen molar-refractivity contribution in [1.29, 1.82) is 0 Å². The molecule has 0 aliphatic carbocycles. The Bertz CT molecular complexity index is 1030. The third-order valence-corrected chi connectivity index (χ3v) is 4.94. The van der Waals surface area contributed by atoms with Crippen LogP contribution in [0.2, 0.25) is 10.2 Å². The summed E-state index contributed by atoms with van der Waals surface area (Å²) >= 11 is 12.4. The molecule has 0 bridgehead atoms. The van der Waals surface area contributed by atoms with Gasteiger partial charge in [0.05, 0.1) is 17.3 Å². The predicted molar refractivity (Wildman–Crippen MR) is 108 cm³/mol. The van der Waals surface area contributed by atoms with E-state index in [4.69, 9.17) is 27.9 Å². The monoisotopic (exact) mass is 416 g/mol. The summed E-state index contributed by atoms with van der Waals surface area (Å²) in [5.41, 5.74) is 3.05. The van der Waals surface area contributed by atoms with Crippen molar-refractivity contribution in [3.63, 3.8) is 0 Å². The molecule has 0 spiro atoms. The van der Waals surface area contributed by atoms with Crippen molar-refractivity contribution >= 4 is 35.0 Å². The summed E-state index contributed by atoms with van der Waals surface area (Å²) in [4.78, 5) is 24.7. The number of Topliss-reactive ketones (excluding diaryl/α,β-unsaturated/α-hetero) is 1. The summed E-state index contributed by atoms with van der Waals surface area (Å²) in [6.07, 6.45) is 0. The fourth-order valence-corrected chi connectivity index (χ4v) is 3.28. The van der Waals surface area contributed by atoms with Crippen molar-refractivity contribution in [1.82, 2.24) is 9.78 Å². The van der Waals surface area contributed by atoms with E-state index in [2.05, 4.69) is 5.10 Å². The van der Waals surface area contributed by atoms with Gasteiger partial charge in [-0.1, -0.05) is 65.2 Å². The fraction of sp³-hybridized carbons (Fsp3) is 0.190. The first-order valence-corrected chi connectivity index (χ1v) is 9.35. The Morgan fingerprint density at radius 3 is 2.39 bits per heavy atom. The molecule has 0 N–H and O–H groups in total. The van der Waals surface area contributed by atoms with Gasteiger partial charge in [0.15, 0.2) is 6.61 Å². The number of hydrogen-bond donors (Lipinski definition) is 0. The Hall–Kier alpha value is -2.63. The van der Waals surface area contributed by atoms with Crippen molar-refractivity contribution in [3.8, 4) is 0 Å². The molecule has 3 aromatic rings. The van der Waals surface area contributed by atoms with Gasteiger partial charge in [0, 0.05) is 5.56 Å². The van der Waals surface area contributed by atoms with Crippen molar-refractivity contribution in [2.45, 2.75) is 20.4 Å². The number of esters is 1. The van der Waals surface area contributed by atoms with Gasteiger partial charge < -0.3 is 4.74 Å². The van der Waals surface area contributed by atoms with E-state index in [1.165, 1.54) is 4.68 Å². The SMILES string of the molecule is Cc1ccc(Cn2nc(C)c(C(=O)OCC(=O)c3ccccc3Cl)c2Cl)cc1. The van der Waals surface area contributed by atoms with Crippen molar-refractivity contribution in [2.75, 3.05) is 6.61 Å². The average molecular weight is 417 g/mol. The van der Waals surface area contributed by atoms with Gasteiger partial charge in [-0.15, -0.1) is 0 Å². The van der Waals surface area contributed by atoms with Crippen LogP contribution in [0.1, 0.15) is 37.5 Å². The topological polar surface area (TPSA) is 61.2 Å². The summed E-state index contributed by atoms with van der Waals surface area (Å²) in [7, 11) is 0. The third kappa shape index (κ3) is 4.43. The number of ketones is 1. The number of rotatable bonds is 6. The first kappa shape index (κ1) is 20.1. The number of nitrogens with zero attached hydrogens (tertiary/aromatic N) is 2. The quantitative estimate of drug-likeness (QED) is 0.423. The Kier molecular flexibility index (Phi) is 6.17. The van der Waals surface area contributed by atoms with Gasteiger partial charge in [0.25, 0.3) is 0 Å². The van der Waals surface area contributed by atoms with Gasteiger partial charge >= 0.3 is 5.97 Å². The lowest BCUT2D eigenvalue weighted by molar-refractivity contribution is 0.0474. The van der Waals surface area contributed by atoms with E-state index in [-0.39, 0.29) is 16.5 Å². The summed E-state index contributed by atoms with van der Waals surface area (Å²) in [5.74, 6) is -1.09. The number of carbonyl (C=O) groups is 2. The number of ether oxygens (including phenoxy) is 1. The van der Waals surface area contributed by atoms with E-state index in [1.807, 2.05) is 31.2 Å². The summed E-state index contributed by atoms with van der Waals surface area (Å²) in [6, 6.07) is 14.5. The second kappa shape index (κ2) is 8.59. The molecule has 3 rings (SSSR count). The maximum absolute atomic E-state index is 12.5. The molecule has 144 valence electrons. The zero-order valence-corrected chi connectivity index (χ0v) is 16.9. The van der Waals surface area contributed by atoms with E-state index < -0.39 is 12.6 Å². The zero-order valence-electron chi connectivity index (χ0n) is 15.4. The molecule has 0 aliphatic rings. The van der Waals surface area contributed by atoms with E-state index in [9.17, 15) is 9.59 Å². The van der Waals surface area contributed by atoms with Gasteiger partial charge in [-0.05, 0) is 31.5 Å². The minimum atomic E-state index is -0.696. The van der Waals surface area contributed by atoms with Crippen molar-refractivity contribution in [2.24, 2.45) is 0 Å². The van der Waals surface area contributed by atoms with Gasteiger partial charge in [-0.3, -0.25) is 4.79 Å². The van der Waals surface area contributed by atoms with Crippen LogP contribution in [0, 0.1) is 13.8 Å². The van der Waals surface area contributed by atoms with Gasteiger partial charge in [-0.2, -0.15) is 5.10 Å². The number of benzene rings is 2. The Labute approximate surface area is 172 Å². The molecule has 7 heteroatoms. The number of carbonyl (C=O) groups excluding carboxylic acids is 2. The first-order valence-electron chi connectivity index (χ1n) is 8.60. The second-order valence-corrected chi connectivity index (χ2v) is 7.14. The number of hydrogen-bond acceptors (Lipinski definition) is 4. The zero-order chi connectivity index (χ0) is 20.3. The highest BCUT2D eigenvalue weighted by Gasteiger charge is 2.23. The van der Waals surface area contributed by atoms with Crippen LogP contribution in [0.15, 0.2) is 48.5 Å². The summed E-state index contributed by atoms with van der Waals surface area (Å²) < 4.78 is 6.69. The van der Waals surface area contributed by atoms with Crippen LogP contribution in [0.4, 0.5) is 0 Å². The highest BCUT2D eigenvalue weighted by molar-refractivity contribution is 6.34. The Morgan fingerprint density at radius 2 is 1.71 bits per heavy atom. The molecular weight excluding hydrogens is 399 g/mol. The van der Waals surface area contributed by atoms with Crippen LogP contribution >= 0.6 is 23.2 Å². The molecule has 2 aromatic carbocycles. The van der Waals surface area contributed by atoms with E-state index in [0.717, 1.165) is 11.1 Å². The normalized spacial score (nSPS) is 10.7. The number of aromatic nitrogens is 2. The molecule has 0 amide bonds. The molecule has 0 radical (unpaired) electrons. The minimum Gasteiger partial charge on any atom is -0.454 e. The Balaban J connectivity index is 1.72. The molecule has 0 unspecified atom stereocenters. The molecule has 0 atom stereocenters. The summed E-state index contributed by atoms with van der Waals surface area (Å²) in [5, 5.41) is 4.81. The standard InChI is InChI=1S/C21H18Cl2N2O3/c1-13-7-9-15(10-8-13)11-25-20(23)19(14(2)24-25)21(27)28-12-18(26)16-5-3-4-6-17(16)22/h3-10H,11-12H2,1-2H3. The van der Waals surface area contributed by atoms with Crippen LogP contribution in [0.5, 0.6) is 0 Å². The number of halogens is 2. The lowest BCUT2D eigenvalue weighted by atomic mass is 10.1. The summed E-state index contributed by atoms with van der Waals surface area (Å²) in [6.45, 7) is 3.67. The van der Waals surface area contributed by atoms with Gasteiger partial charge in [0.1, 0.15) is 10.7 Å². The van der Waals surface area contributed by atoms with Crippen LogP contribution < -0.4 is 0 Å². The molecule has 0 aliphatic heterocycles. The molecule has 0 saturated heterocycles. The van der Waals surface area contributed by atoms with Crippen molar-refractivity contribution < 1.29 is 14.3 Å². The van der Waals surface area contributed by atoms with Crippen molar-refractivity contribution in [3.05, 3.63) is 86.7 Å². The molecule has 0 fully saturated rings. The van der Waals surface area contributed by atoms with E-state index >= 15 is 0 Å². The number of aryl methyl sites for hydroxylation is 2. The van der Waals surface area contributed by atoms with Gasteiger partial charge in [-0.25, -0.2) is 9.48 Å². The highest BCUT2D eigenvalue weighted by Crippen LogP contribution is 2.22. The maximum atomic E-state index is 12.5. The molecule has 0 saturated carbocycles. The largest absolute Gasteiger partial charge is 0.454 e. The van der Waals surface area contributed by atoms with Crippen LogP contribution in [0.3, 0.4) is 0 Å². The highest BCUT2D eigenvalue weighted by atomic mass is 35.5. The first-order chi connectivity index (χ1) is 13.4. The molecular formula is C21H18Cl2N2O3. The lowest BCUT2D eigenvalue weighted by Crippen LogP contribution is -2.15. The lowest BCUT2D eigenvalue weighted by Gasteiger charge is -2.06. The maximum Gasteiger partial charge on any atom is 0.343 e. The van der Waals surface area contributed by atoms with Gasteiger partial charge in [0.2, 0.25) is 5.78 Å². The van der Waals surface area contributed by atoms with E-state index in [0.29, 0.717) is 22.8 Å². The third-order valence-electron chi connectivity index (χ3n) is 4.23. The Morgan fingerprint density at radius 1 is 1.04 bits per heavy atom. The molecule has 1 aromatic heterocycles. The molecule has 28 heavy (non-hydrogen) atoms. The predicted octanol–water partition coefficient (Wildman–Crippen LogP) is 4.89. The smallest absolute Gasteiger partial charge is 0.343 e. The van der Waals surface area contributed by atoms with Crippen LogP contribution in [0.25, 0.3) is 0 Å². The minimum absolute atomic E-state index is 0.153. The van der Waals surface area contributed by atoms with Crippen LogP contribution in [-0.2, 0) is 11.3 Å². The molecule has 5 nitrogen and oxygen atoms in total. The van der Waals surface area contributed by atoms with Crippen LogP contribution in [-0.4, -0.2) is 28.1 Å². The van der Waals surface area contributed by atoms with E-state index in [1.54, 1.807) is 31.2 Å². The average Bonchev–Trinajstić information content (AvgIpc) is 2.95. The molecule has 1 heterocycles.